The van der Waals surface area contributed by atoms with Crippen molar-refractivity contribution < 1.29 is 18.3 Å². The van der Waals surface area contributed by atoms with Crippen LogP contribution in [0.1, 0.15) is 31.7 Å². The monoisotopic (exact) mass is 317 g/mol. The number of sulfonamides is 1. The number of hydrogen-bond acceptors (Lipinski definition) is 4. The molecule has 0 aliphatic rings. The van der Waals surface area contributed by atoms with Crippen LogP contribution in [-0.2, 0) is 21.4 Å². The highest BCUT2D eigenvalue weighted by Crippen LogP contribution is 2.23. The Balaban J connectivity index is 3.14. The van der Waals surface area contributed by atoms with Crippen molar-refractivity contribution in [2.24, 2.45) is 5.92 Å². The van der Waals surface area contributed by atoms with Crippen LogP contribution in [0.2, 0.25) is 0 Å². The maximum Gasteiger partial charge on any atom is 0.325 e. The molecule has 0 unspecified atom stereocenters. The van der Waals surface area contributed by atoms with Gasteiger partial charge in [-0.2, -0.15) is 5.10 Å². The topological polar surface area (TPSA) is 92.5 Å². The van der Waals surface area contributed by atoms with Crippen LogP contribution < -0.4 is 0 Å². The summed E-state index contributed by atoms with van der Waals surface area (Å²) < 4.78 is 27.7. The van der Waals surface area contributed by atoms with Gasteiger partial charge < -0.3 is 5.11 Å². The molecule has 1 aromatic heterocycles. The van der Waals surface area contributed by atoms with E-state index in [9.17, 15) is 13.2 Å². The van der Waals surface area contributed by atoms with Crippen LogP contribution in [0.15, 0.2) is 4.90 Å². The Morgan fingerprint density at radius 2 is 1.95 bits per heavy atom. The maximum absolute atomic E-state index is 12.6. The minimum Gasteiger partial charge on any atom is -0.480 e. The first-order valence-electron chi connectivity index (χ1n) is 6.79. The van der Waals surface area contributed by atoms with E-state index in [1.807, 2.05) is 13.8 Å². The van der Waals surface area contributed by atoms with Gasteiger partial charge in [-0.25, -0.2) is 12.7 Å². The first-order valence-corrected chi connectivity index (χ1v) is 8.23. The first kappa shape index (κ1) is 17.6. The molecule has 7 nitrogen and oxygen atoms in total. The van der Waals surface area contributed by atoms with Crippen molar-refractivity contribution in [3.8, 4) is 0 Å². The molecule has 0 fully saturated rings. The minimum atomic E-state index is -3.65. The molecule has 0 aliphatic carbocycles. The van der Waals surface area contributed by atoms with Gasteiger partial charge in [0.15, 0.2) is 0 Å². The standard InChI is InChI=1S/C13H23N3O4S/c1-9(2)6-7-15(5)21(19,20)13-10(3)14-16(11(13)4)8-12(17)18/h9H,6-8H2,1-5H3,(H,17,18). The van der Waals surface area contributed by atoms with Crippen molar-refractivity contribution >= 4 is 16.0 Å². The summed E-state index contributed by atoms with van der Waals surface area (Å²) in [6, 6.07) is 0. The zero-order chi connectivity index (χ0) is 16.4. The van der Waals surface area contributed by atoms with E-state index >= 15 is 0 Å². The van der Waals surface area contributed by atoms with Crippen molar-refractivity contribution in [1.82, 2.24) is 14.1 Å². The van der Waals surface area contributed by atoms with Gasteiger partial charge in [0.1, 0.15) is 11.4 Å². The molecule has 0 atom stereocenters. The van der Waals surface area contributed by atoms with Gasteiger partial charge in [0.2, 0.25) is 10.0 Å². The molecule has 0 spiro atoms. The Morgan fingerprint density at radius 1 is 1.38 bits per heavy atom. The number of aryl methyl sites for hydroxylation is 1. The summed E-state index contributed by atoms with van der Waals surface area (Å²) in [4.78, 5) is 10.9. The lowest BCUT2D eigenvalue weighted by Gasteiger charge is -2.18. The molecule has 0 aliphatic heterocycles. The maximum atomic E-state index is 12.6. The summed E-state index contributed by atoms with van der Waals surface area (Å²) in [6.07, 6.45) is 0.761. The molecule has 0 bridgehead atoms. The van der Waals surface area contributed by atoms with Gasteiger partial charge in [-0.3, -0.25) is 9.48 Å². The molecule has 0 amide bonds. The highest BCUT2D eigenvalue weighted by molar-refractivity contribution is 7.89. The summed E-state index contributed by atoms with van der Waals surface area (Å²) in [5.74, 6) is -0.655. The minimum absolute atomic E-state index is 0.106. The van der Waals surface area contributed by atoms with Crippen molar-refractivity contribution in [2.75, 3.05) is 13.6 Å². The summed E-state index contributed by atoms with van der Waals surface area (Å²) >= 11 is 0. The van der Waals surface area contributed by atoms with Gasteiger partial charge >= 0.3 is 5.97 Å². The zero-order valence-corrected chi connectivity index (χ0v) is 13.9. The second-order valence-electron chi connectivity index (χ2n) is 5.56. The van der Waals surface area contributed by atoms with Crippen LogP contribution in [0.25, 0.3) is 0 Å². The van der Waals surface area contributed by atoms with E-state index in [1.165, 1.54) is 16.0 Å². The number of aliphatic carboxylic acids is 1. The number of carboxylic acid groups (broad SMARTS) is 1. The van der Waals surface area contributed by atoms with Crippen LogP contribution in [0, 0.1) is 19.8 Å². The molecule has 1 N–H and O–H groups in total. The summed E-state index contributed by atoms with van der Waals surface area (Å²) in [6.45, 7) is 7.28. The molecular formula is C13H23N3O4S. The van der Waals surface area contributed by atoms with Gasteiger partial charge in [-0.05, 0) is 26.2 Å². The second kappa shape index (κ2) is 6.57. The van der Waals surface area contributed by atoms with Gasteiger partial charge in [-0.15, -0.1) is 0 Å². The van der Waals surface area contributed by atoms with Crippen LogP contribution in [0.4, 0.5) is 0 Å². The third kappa shape index (κ3) is 4.04. The molecule has 1 heterocycles. The molecule has 0 aromatic carbocycles. The van der Waals surface area contributed by atoms with Crippen molar-refractivity contribution in [1.29, 1.82) is 0 Å². The molecule has 1 aromatic rings. The molecule has 0 radical (unpaired) electrons. The normalized spacial score (nSPS) is 12.3. The predicted molar refractivity (Wildman–Crippen MR) is 78.6 cm³/mol. The zero-order valence-electron chi connectivity index (χ0n) is 13.1. The van der Waals surface area contributed by atoms with E-state index in [0.717, 1.165) is 6.42 Å². The molecule has 21 heavy (non-hydrogen) atoms. The lowest BCUT2D eigenvalue weighted by Crippen LogP contribution is -2.29. The van der Waals surface area contributed by atoms with Crippen molar-refractivity contribution in [3.05, 3.63) is 11.4 Å². The third-order valence-corrected chi connectivity index (χ3v) is 5.40. The summed E-state index contributed by atoms with van der Waals surface area (Å²) in [7, 11) is -2.12. The van der Waals surface area contributed by atoms with E-state index in [4.69, 9.17) is 5.11 Å². The fourth-order valence-corrected chi connectivity index (χ4v) is 3.60. The summed E-state index contributed by atoms with van der Waals surface area (Å²) in [5.41, 5.74) is 0.677. The SMILES string of the molecule is Cc1nn(CC(=O)O)c(C)c1S(=O)(=O)N(C)CCC(C)C. The Kier molecular flexibility index (Phi) is 5.52. The number of hydrogen-bond donors (Lipinski definition) is 1. The van der Waals surface area contributed by atoms with Crippen molar-refractivity contribution in [3.63, 3.8) is 0 Å². The van der Waals surface area contributed by atoms with Crippen molar-refractivity contribution in [2.45, 2.75) is 45.6 Å². The highest BCUT2D eigenvalue weighted by Gasteiger charge is 2.28. The van der Waals surface area contributed by atoms with Gasteiger partial charge in [0.05, 0.1) is 11.4 Å². The fourth-order valence-electron chi connectivity index (χ4n) is 2.05. The lowest BCUT2D eigenvalue weighted by molar-refractivity contribution is -0.137. The predicted octanol–water partition coefficient (Wildman–Crippen LogP) is 1.25. The molecule has 0 saturated carbocycles. The Morgan fingerprint density at radius 3 is 2.43 bits per heavy atom. The highest BCUT2D eigenvalue weighted by atomic mass is 32.2. The first-order chi connectivity index (χ1) is 9.57. The fraction of sp³-hybridized carbons (Fsp3) is 0.692. The van der Waals surface area contributed by atoms with Crippen LogP contribution in [0.3, 0.4) is 0 Å². The number of nitrogens with zero attached hydrogens (tertiary/aromatic N) is 3. The van der Waals surface area contributed by atoms with Gasteiger partial charge in [-0.1, -0.05) is 13.8 Å². The number of rotatable bonds is 7. The Labute approximate surface area is 125 Å². The Hall–Kier alpha value is -1.41. The van der Waals surface area contributed by atoms with Crippen LogP contribution in [-0.4, -0.2) is 47.2 Å². The van der Waals surface area contributed by atoms with Gasteiger partial charge in [0, 0.05) is 13.6 Å². The molecule has 120 valence electrons. The smallest absolute Gasteiger partial charge is 0.325 e. The van der Waals surface area contributed by atoms with E-state index in [2.05, 4.69) is 5.10 Å². The number of carbonyl (C=O) groups is 1. The van der Waals surface area contributed by atoms with Gasteiger partial charge in [0.25, 0.3) is 0 Å². The third-order valence-electron chi connectivity index (χ3n) is 3.29. The quantitative estimate of drug-likeness (QED) is 0.817. The van der Waals surface area contributed by atoms with E-state index in [-0.39, 0.29) is 11.4 Å². The largest absolute Gasteiger partial charge is 0.480 e. The molecule has 0 saturated heterocycles. The molecule has 1 rings (SSSR count). The molecular weight excluding hydrogens is 294 g/mol. The lowest BCUT2D eigenvalue weighted by atomic mass is 10.1. The van der Waals surface area contributed by atoms with Crippen LogP contribution >= 0.6 is 0 Å². The average molecular weight is 317 g/mol. The average Bonchev–Trinajstić information content (AvgIpc) is 2.60. The number of aromatic nitrogens is 2. The van der Waals surface area contributed by atoms with E-state index in [0.29, 0.717) is 23.9 Å². The molecule has 8 heteroatoms. The Bertz CT molecular complexity index is 620. The van der Waals surface area contributed by atoms with Crippen LogP contribution in [0.5, 0.6) is 0 Å². The van der Waals surface area contributed by atoms with E-state index < -0.39 is 16.0 Å². The van der Waals surface area contributed by atoms with E-state index in [1.54, 1.807) is 13.8 Å². The second-order valence-corrected chi connectivity index (χ2v) is 7.54. The number of carboxylic acids is 1. The summed E-state index contributed by atoms with van der Waals surface area (Å²) in [5, 5.41) is 12.9.